The zero-order valence-corrected chi connectivity index (χ0v) is 15.1. The number of hydrogen-bond donors (Lipinski definition) is 3. The molecule has 142 valence electrons. The number of carboxylic acids is 1. The van der Waals surface area contributed by atoms with Crippen molar-refractivity contribution in [2.45, 2.75) is 70.5 Å². The molecular formula is C20H32O5. The van der Waals surface area contributed by atoms with Crippen molar-refractivity contribution in [3.05, 3.63) is 48.6 Å². The summed E-state index contributed by atoms with van der Waals surface area (Å²) in [5, 5.41) is 27.0. The van der Waals surface area contributed by atoms with Crippen LogP contribution in [0.25, 0.3) is 0 Å². The predicted molar refractivity (Wildman–Crippen MR) is 100 cm³/mol. The lowest BCUT2D eigenvalue weighted by Gasteiger charge is -2.06. The van der Waals surface area contributed by atoms with Crippen molar-refractivity contribution in [1.82, 2.24) is 0 Å². The molecule has 0 radical (unpaired) electrons. The molecule has 0 aromatic heterocycles. The van der Waals surface area contributed by atoms with Gasteiger partial charge in [-0.1, -0.05) is 74.8 Å². The third-order valence-electron chi connectivity index (χ3n) is 3.54. The summed E-state index contributed by atoms with van der Waals surface area (Å²) in [6.45, 7) is 2.14. The topological polar surface area (TPSA) is 87.0 Å². The Labute approximate surface area is 151 Å². The molecule has 0 fully saturated rings. The van der Waals surface area contributed by atoms with Gasteiger partial charge in [0.2, 0.25) is 0 Å². The number of carboxylic acid groups (broad SMARTS) is 1. The summed E-state index contributed by atoms with van der Waals surface area (Å²) in [4.78, 5) is 14.7. The molecule has 5 nitrogen and oxygen atoms in total. The first-order valence-corrected chi connectivity index (χ1v) is 8.96. The van der Waals surface area contributed by atoms with Crippen molar-refractivity contribution in [3.8, 4) is 0 Å². The van der Waals surface area contributed by atoms with Crippen LogP contribution in [0.2, 0.25) is 0 Å². The molecule has 0 spiro atoms. The number of hydrogen-bond acceptors (Lipinski definition) is 4. The minimum atomic E-state index is -0.852. The highest BCUT2D eigenvalue weighted by atomic mass is 17.1. The van der Waals surface area contributed by atoms with Crippen LogP contribution in [0.1, 0.15) is 58.3 Å². The van der Waals surface area contributed by atoms with E-state index in [1.54, 1.807) is 18.2 Å². The van der Waals surface area contributed by atoms with Gasteiger partial charge in [-0.05, 0) is 25.7 Å². The maximum Gasteiger partial charge on any atom is 0.303 e. The summed E-state index contributed by atoms with van der Waals surface area (Å²) in [6.07, 6.45) is 19.8. The molecule has 0 unspecified atom stereocenters. The number of aliphatic hydroxyl groups is 1. The Morgan fingerprint density at radius 3 is 2.28 bits per heavy atom. The smallest absolute Gasteiger partial charge is 0.303 e. The van der Waals surface area contributed by atoms with Crippen molar-refractivity contribution >= 4 is 5.97 Å². The molecule has 0 bridgehead atoms. The fourth-order valence-corrected chi connectivity index (χ4v) is 2.11. The van der Waals surface area contributed by atoms with Crippen LogP contribution in [0, 0.1) is 0 Å². The Bertz CT molecular complexity index is 437. The van der Waals surface area contributed by atoms with Gasteiger partial charge in [0, 0.05) is 6.42 Å². The molecule has 0 aromatic rings. The Hall–Kier alpha value is -1.69. The third kappa shape index (κ3) is 16.9. The molecule has 0 saturated carbocycles. The number of rotatable bonds is 15. The number of carbonyl (C=O) groups is 1. The highest BCUT2D eigenvalue weighted by Gasteiger charge is 2.05. The van der Waals surface area contributed by atoms with Crippen LogP contribution in [-0.2, 0) is 9.68 Å². The van der Waals surface area contributed by atoms with E-state index in [4.69, 9.17) is 10.4 Å². The second-order valence-electron chi connectivity index (χ2n) is 5.85. The Morgan fingerprint density at radius 2 is 1.68 bits per heavy atom. The summed E-state index contributed by atoms with van der Waals surface area (Å²) < 4.78 is 0. The van der Waals surface area contributed by atoms with Gasteiger partial charge in [-0.15, -0.1) is 0 Å². The number of allylic oxidation sites excluding steroid dienone is 6. The molecule has 0 saturated heterocycles. The molecular weight excluding hydrogens is 320 g/mol. The number of aliphatic hydroxyl groups excluding tert-OH is 1. The lowest BCUT2D eigenvalue weighted by Crippen LogP contribution is -2.08. The lowest BCUT2D eigenvalue weighted by atomic mass is 10.1. The lowest BCUT2D eigenvalue weighted by molar-refractivity contribution is -0.267. The van der Waals surface area contributed by atoms with Gasteiger partial charge in [-0.25, -0.2) is 4.89 Å². The molecule has 5 heteroatoms. The van der Waals surface area contributed by atoms with E-state index in [-0.39, 0.29) is 12.5 Å². The number of aliphatic carboxylic acids is 1. The molecule has 25 heavy (non-hydrogen) atoms. The van der Waals surface area contributed by atoms with Gasteiger partial charge in [0.05, 0.1) is 6.10 Å². The standard InChI is InChI=1S/C20H32O5/c1-2-3-9-13-18(21)14-10-7-5-4-6-8-11-15-19(25-24)16-12-17-20(22)23/h5-8,10-11,14-15,18-19,21,24H,2-4,9,12-13,16-17H2,1H3,(H,22,23)/t18-,19+/m0/s1. The van der Waals surface area contributed by atoms with E-state index in [1.807, 2.05) is 30.4 Å². The van der Waals surface area contributed by atoms with Gasteiger partial charge in [0.25, 0.3) is 0 Å². The zero-order valence-electron chi connectivity index (χ0n) is 15.1. The summed E-state index contributed by atoms with van der Waals surface area (Å²) in [5.41, 5.74) is 0. The van der Waals surface area contributed by atoms with Gasteiger partial charge < -0.3 is 10.2 Å². The molecule has 0 heterocycles. The normalized spacial score (nSPS) is 15.0. The Kier molecular flexibility index (Phi) is 16.0. The van der Waals surface area contributed by atoms with E-state index in [9.17, 15) is 9.90 Å². The van der Waals surface area contributed by atoms with Crippen molar-refractivity contribution in [3.63, 3.8) is 0 Å². The maximum atomic E-state index is 10.4. The fraction of sp³-hybridized carbons (Fsp3) is 0.550. The highest BCUT2D eigenvalue weighted by Crippen LogP contribution is 2.06. The molecule has 0 aliphatic heterocycles. The molecule has 0 aliphatic rings. The van der Waals surface area contributed by atoms with Crippen molar-refractivity contribution in [1.29, 1.82) is 0 Å². The van der Waals surface area contributed by atoms with Gasteiger partial charge in [-0.2, -0.15) is 0 Å². The second kappa shape index (κ2) is 17.1. The Balaban J connectivity index is 3.89. The van der Waals surface area contributed by atoms with Gasteiger partial charge >= 0.3 is 5.97 Å². The zero-order chi connectivity index (χ0) is 18.8. The first kappa shape index (κ1) is 23.3. The van der Waals surface area contributed by atoms with Crippen molar-refractivity contribution in [2.24, 2.45) is 0 Å². The Morgan fingerprint density at radius 1 is 1.00 bits per heavy atom. The van der Waals surface area contributed by atoms with E-state index in [2.05, 4.69) is 11.8 Å². The van der Waals surface area contributed by atoms with E-state index in [1.165, 1.54) is 0 Å². The maximum absolute atomic E-state index is 10.4. The molecule has 0 aromatic carbocycles. The molecule has 3 N–H and O–H groups in total. The van der Waals surface area contributed by atoms with E-state index in [0.29, 0.717) is 12.8 Å². The van der Waals surface area contributed by atoms with Crippen LogP contribution in [0.15, 0.2) is 48.6 Å². The van der Waals surface area contributed by atoms with E-state index < -0.39 is 12.1 Å². The molecule has 0 rings (SSSR count). The van der Waals surface area contributed by atoms with Gasteiger partial charge in [0.15, 0.2) is 0 Å². The van der Waals surface area contributed by atoms with Crippen molar-refractivity contribution in [2.75, 3.05) is 0 Å². The summed E-state index contributed by atoms with van der Waals surface area (Å²) in [7, 11) is 0. The van der Waals surface area contributed by atoms with E-state index >= 15 is 0 Å². The summed E-state index contributed by atoms with van der Waals surface area (Å²) in [5.74, 6) is -0.852. The van der Waals surface area contributed by atoms with Gasteiger partial charge in [-0.3, -0.25) is 10.1 Å². The third-order valence-corrected chi connectivity index (χ3v) is 3.54. The SMILES string of the molecule is CCCCC[C@H](O)C=CC=CCC=CC=C[C@H](CCCC(=O)O)OO. The van der Waals surface area contributed by atoms with Crippen LogP contribution in [-0.4, -0.2) is 33.6 Å². The predicted octanol–water partition coefficient (Wildman–Crippen LogP) is 4.66. The first-order chi connectivity index (χ1) is 12.1. The molecule has 0 amide bonds. The highest BCUT2D eigenvalue weighted by molar-refractivity contribution is 5.66. The van der Waals surface area contributed by atoms with Gasteiger partial charge in [0.1, 0.15) is 6.10 Å². The molecule has 0 aliphatic carbocycles. The summed E-state index contributed by atoms with van der Waals surface area (Å²) in [6, 6.07) is 0. The fourth-order valence-electron chi connectivity index (χ4n) is 2.11. The second-order valence-corrected chi connectivity index (χ2v) is 5.85. The minimum absolute atomic E-state index is 0.0646. The quantitative estimate of drug-likeness (QED) is 0.173. The van der Waals surface area contributed by atoms with Crippen LogP contribution in [0.3, 0.4) is 0 Å². The number of unbranched alkanes of at least 4 members (excludes halogenated alkanes) is 2. The molecule has 2 atom stereocenters. The average molecular weight is 352 g/mol. The van der Waals surface area contributed by atoms with Crippen molar-refractivity contribution < 1.29 is 25.2 Å². The monoisotopic (exact) mass is 352 g/mol. The van der Waals surface area contributed by atoms with Crippen LogP contribution in [0.4, 0.5) is 0 Å². The average Bonchev–Trinajstić information content (AvgIpc) is 2.58. The summed E-state index contributed by atoms with van der Waals surface area (Å²) >= 11 is 0. The largest absolute Gasteiger partial charge is 0.481 e. The minimum Gasteiger partial charge on any atom is -0.481 e. The van der Waals surface area contributed by atoms with Crippen LogP contribution in [0.5, 0.6) is 0 Å². The van der Waals surface area contributed by atoms with E-state index in [0.717, 1.165) is 32.1 Å². The van der Waals surface area contributed by atoms with Crippen LogP contribution >= 0.6 is 0 Å². The van der Waals surface area contributed by atoms with Crippen LogP contribution < -0.4 is 0 Å². The first-order valence-electron chi connectivity index (χ1n) is 8.96.